The Bertz CT molecular complexity index is 478. The molecular formula is C12H16N4O. The second-order valence-corrected chi connectivity index (χ2v) is 4.03. The van der Waals surface area contributed by atoms with Gasteiger partial charge in [0.1, 0.15) is 12.1 Å². The SMILES string of the molecule is CC(NCc1ncn(C)n1)c1ccc(O)cc1. The minimum absolute atomic E-state index is 0.194. The van der Waals surface area contributed by atoms with Crippen molar-refractivity contribution in [3.05, 3.63) is 42.0 Å². The van der Waals surface area contributed by atoms with Crippen LogP contribution in [0.3, 0.4) is 0 Å². The summed E-state index contributed by atoms with van der Waals surface area (Å²) in [5, 5.41) is 16.7. The molecule has 1 aromatic heterocycles. The third-order valence-corrected chi connectivity index (χ3v) is 2.61. The lowest BCUT2D eigenvalue weighted by atomic mass is 10.1. The molecular weight excluding hydrogens is 216 g/mol. The van der Waals surface area contributed by atoms with Crippen molar-refractivity contribution in [3.63, 3.8) is 0 Å². The Kier molecular flexibility index (Phi) is 3.39. The monoisotopic (exact) mass is 232 g/mol. The van der Waals surface area contributed by atoms with E-state index in [1.165, 1.54) is 0 Å². The highest BCUT2D eigenvalue weighted by molar-refractivity contribution is 5.27. The number of aromatic nitrogens is 3. The molecule has 0 amide bonds. The van der Waals surface area contributed by atoms with Crippen LogP contribution in [0.25, 0.3) is 0 Å². The van der Waals surface area contributed by atoms with Crippen molar-refractivity contribution < 1.29 is 5.11 Å². The molecule has 5 heteroatoms. The van der Waals surface area contributed by atoms with Crippen molar-refractivity contribution in [2.45, 2.75) is 19.5 Å². The predicted octanol–water partition coefficient (Wildman–Crippen LogP) is 1.37. The van der Waals surface area contributed by atoms with E-state index in [2.05, 4.69) is 22.3 Å². The molecule has 17 heavy (non-hydrogen) atoms. The largest absolute Gasteiger partial charge is 0.508 e. The van der Waals surface area contributed by atoms with E-state index in [9.17, 15) is 5.11 Å². The molecule has 2 aromatic rings. The first-order valence-electron chi connectivity index (χ1n) is 5.52. The molecule has 0 spiro atoms. The molecule has 1 atom stereocenters. The molecule has 0 aliphatic carbocycles. The lowest BCUT2D eigenvalue weighted by Crippen LogP contribution is -2.18. The van der Waals surface area contributed by atoms with Crippen molar-refractivity contribution >= 4 is 0 Å². The number of aromatic hydroxyl groups is 1. The number of benzene rings is 1. The third-order valence-electron chi connectivity index (χ3n) is 2.61. The molecule has 1 aromatic carbocycles. The molecule has 0 aliphatic rings. The lowest BCUT2D eigenvalue weighted by molar-refractivity contribution is 0.474. The molecule has 0 radical (unpaired) electrons. The van der Waals surface area contributed by atoms with E-state index in [0.717, 1.165) is 11.4 Å². The lowest BCUT2D eigenvalue weighted by Gasteiger charge is -2.12. The number of nitrogens with zero attached hydrogens (tertiary/aromatic N) is 3. The van der Waals surface area contributed by atoms with E-state index < -0.39 is 0 Å². The van der Waals surface area contributed by atoms with Gasteiger partial charge in [-0.05, 0) is 24.6 Å². The molecule has 0 fully saturated rings. The van der Waals surface area contributed by atoms with Crippen molar-refractivity contribution in [1.29, 1.82) is 0 Å². The van der Waals surface area contributed by atoms with Gasteiger partial charge in [-0.3, -0.25) is 4.68 Å². The summed E-state index contributed by atoms with van der Waals surface area (Å²) in [6.45, 7) is 2.69. The molecule has 1 heterocycles. The Morgan fingerprint density at radius 2 is 2.06 bits per heavy atom. The third kappa shape index (κ3) is 3.04. The van der Waals surface area contributed by atoms with Gasteiger partial charge in [-0.15, -0.1) is 0 Å². The summed E-state index contributed by atoms with van der Waals surface area (Å²) in [4.78, 5) is 4.14. The van der Waals surface area contributed by atoms with Crippen LogP contribution in [0.5, 0.6) is 5.75 Å². The van der Waals surface area contributed by atoms with Crippen LogP contribution in [-0.4, -0.2) is 19.9 Å². The molecule has 0 aliphatic heterocycles. The number of phenolic OH excluding ortho intramolecular Hbond substituents is 1. The zero-order valence-corrected chi connectivity index (χ0v) is 9.96. The highest BCUT2D eigenvalue weighted by Gasteiger charge is 2.06. The fourth-order valence-electron chi connectivity index (χ4n) is 1.59. The van der Waals surface area contributed by atoms with E-state index >= 15 is 0 Å². The summed E-state index contributed by atoms with van der Waals surface area (Å²) >= 11 is 0. The molecule has 0 saturated heterocycles. The van der Waals surface area contributed by atoms with E-state index in [4.69, 9.17) is 0 Å². The van der Waals surface area contributed by atoms with Gasteiger partial charge < -0.3 is 10.4 Å². The van der Waals surface area contributed by atoms with Gasteiger partial charge in [-0.2, -0.15) is 5.10 Å². The van der Waals surface area contributed by atoms with Crippen LogP contribution in [0.15, 0.2) is 30.6 Å². The minimum atomic E-state index is 0.194. The van der Waals surface area contributed by atoms with Gasteiger partial charge in [0.2, 0.25) is 0 Å². The van der Waals surface area contributed by atoms with E-state index in [1.807, 2.05) is 19.2 Å². The summed E-state index contributed by atoms with van der Waals surface area (Å²) in [6.07, 6.45) is 1.68. The van der Waals surface area contributed by atoms with E-state index in [0.29, 0.717) is 6.54 Å². The summed E-state index contributed by atoms with van der Waals surface area (Å²) in [5.41, 5.74) is 1.12. The number of phenols is 1. The highest BCUT2D eigenvalue weighted by atomic mass is 16.3. The first-order chi connectivity index (χ1) is 8.15. The van der Waals surface area contributed by atoms with Crippen LogP contribution in [0.2, 0.25) is 0 Å². The number of aryl methyl sites for hydroxylation is 1. The highest BCUT2D eigenvalue weighted by Crippen LogP contribution is 2.16. The van der Waals surface area contributed by atoms with Gasteiger partial charge >= 0.3 is 0 Å². The standard InChI is InChI=1S/C12H16N4O/c1-9(10-3-5-11(17)6-4-10)13-7-12-14-8-16(2)15-12/h3-6,8-9,13,17H,7H2,1-2H3. The topological polar surface area (TPSA) is 63.0 Å². The summed E-state index contributed by atoms with van der Waals surface area (Å²) in [6, 6.07) is 7.37. The normalized spacial score (nSPS) is 12.6. The quantitative estimate of drug-likeness (QED) is 0.835. The zero-order chi connectivity index (χ0) is 12.3. The number of nitrogens with one attached hydrogen (secondary N) is 1. The maximum atomic E-state index is 9.21. The van der Waals surface area contributed by atoms with Crippen molar-refractivity contribution in [1.82, 2.24) is 20.1 Å². The second-order valence-electron chi connectivity index (χ2n) is 4.03. The van der Waals surface area contributed by atoms with Gasteiger partial charge in [0.05, 0.1) is 6.54 Å². The minimum Gasteiger partial charge on any atom is -0.508 e. The Labute approximate surface area is 100 Å². The van der Waals surface area contributed by atoms with Crippen LogP contribution in [0.1, 0.15) is 24.4 Å². The van der Waals surface area contributed by atoms with Crippen molar-refractivity contribution in [3.8, 4) is 5.75 Å². The van der Waals surface area contributed by atoms with Gasteiger partial charge in [0, 0.05) is 13.1 Å². The van der Waals surface area contributed by atoms with Crippen LogP contribution >= 0.6 is 0 Å². The van der Waals surface area contributed by atoms with Crippen LogP contribution in [0, 0.1) is 0 Å². The van der Waals surface area contributed by atoms with Crippen LogP contribution in [-0.2, 0) is 13.6 Å². The average Bonchev–Trinajstić information content (AvgIpc) is 2.73. The molecule has 2 N–H and O–H groups in total. The molecule has 1 unspecified atom stereocenters. The van der Waals surface area contributed by atoms with E-state index in [1.54, 1.807) is 23.1 Å². The Morgan fingerprint density at radius 1 is 1.35 bits per heavy atom. The number of hydrogen-bond acceptors (Lipinski definition) is 4. The Balaban J connectivity index is 1.93. The molecule has 0 saturated carbocycles. The Hall–Kier alpha value is -1.88. The molecule has 90 valence electrons. The second kappa shape index (κ2) is 4.97. The first kappa shape index (κ1) is 11.6. The van der Waals surface area contributed by atoms with Crippen molar-refractivity contribution in [2.75, 3.05) is 0 Å². The first-order valence-corrected chi connectivity index (χ1v) is 5.52. The number of rotatable bonds is 4. The molecule has 2 rings (SSSR count). The fraction of sp³-hybridized carbons (Fsp3) is 0.333. The summed E-state index contributed by atoms with van der Waals surface area (Å²) < 4.78 is 1.68. The van der Waals surface area contributed by atoms with Gasteiger partial charge in [-0.1, -0.05) is 12.1 Å². The predicted molar refractivity (Wildman–Crippen MR) is 64.4 cm³/mol. The zero-order valence-electron chi connectivity index (χ0n) is 9.96. The number of hydrogen-bond donors (Lipinski definition) is 2. The summed E-state index contributed by atoms with van der Waals surface area (Å²) in [7, 11) is 1.85. The Morgan fingerprint density at radius 3 is 2.65 bits per heavy atom. The van der Waals surface area contributed by atoms with Crippen LogP contribution in [0.4, 0.5) is 0 Å². The smallest absolute Gasteiger partial charge is 0.164 e. The van der Waals surface area contributed by atoms with Gasteiger partial charge in [0.25, 0.3) is 0 Å². The van der Waals surface area contributed by atoms with Crippen LogP contribution < -0.4 is 5.32 Å². The average molecular weight is 232 g/mol. The maximum absolute atomic E-state index is 9.21. The van der Waals surface area contributed by atoms with E-state index in [-0.39, 0.29) is 11.8 Å². The summed E-state index contributed by atoms with van der Waals surface area (Å²) in [5.74, 6) is 1.06. The van der Waals surface area contributed by atoms with Gasteiger partial charge in [0.15, 0.2) is 5.82 Å². The molecule has 5 nitrogen and oxygen atoms in total. The van der Waals surface area contributed by atoms with Gasteiger partial charge in [-0.25, -0.2) is 4.98 Å². The molecule has 0 bridgehead atoms. The van der Waals surface area contributed by atoms with Crippen molar-refractivity contribution in [2.24, 2.45) is 7.05 Å². The maximum Gasteiger partial charge on any atom is 0.164 e. The fourth-order valence-corrected chi connectivity index (χ4v) is 1.59.